The number of carbonyl (C=O) groups is 1. The van der Waals surface area contributed by atoms with Gasteiger partial charge in [0.05, 0.1) is 18.4 Å². The summed E-state index contributed by atoms with van der Waals surface area (Å²) in [5.41, 5.74) is 1.18. The minimum atomic E-state index is 0.101. The highest BCUT2D eigenvalue weighted by Crippen LogP contribution is 2.61. The van der Waals surface area contributed by atoms with Crippen molar-refractivity contribution in [2.75, 3.05) is 0 Å². The summed E-state index contributed by atoms with van der Waals surface area (Å²) >= 11 is 1.53. The molecule has 0 spiro atoms. The molecule has 4 aliphatic carbocycles. The maximum Gasteiger partial charge on any atom is 0.226 e. The molecule has 0 aromatic carbocycles. The number of furan rings is 1. The second kappa shape index (κ2) is 6.22. The number of amides is 1. The number of aromatic nitrogens is 1. The van der Waals surface area contributed by atoms with Crippen LogP contribution in [0.15, 0.2) is 28.2 Å². The number of hydrogen-bond donors (Lipinski definition) is 1. The van der Waals surface area contributed by atoms with Gasteiger partial charge in [0, 0.05) is 11.4 Å². The Bertz CT molecular complexity index is 760. The fraction of sp³-hybridized carbons (Fsp3) is 0.619. The molecule has 1 atom stereocenters. The number of nitrogens with one attached hydrogen (secondary N) is 1. The summed E-state index contributed by atoms with van der Waals surface area (Å²) in [5.74, 6) is 3.60. The lowest BCUT2D eigenvalue weighted by Crippen LogP contribution is -2.56. The van der Waals surface area contributed by atoms with E-state index in [1.54, 1.807) is 6.26 Å². The van der Waals surface area contributed by atoms with Gasteiger partial charge in [-0.15, -0.1) is 11.3 Å². The van der Waals surface area contributed by atoms with E-state index in [1.165, 1.54) is 49.9 Å². The van der Waals surface area contributed by atoms with Crippen LogP contribution in [0.3, 0.4) is 0 Å². The smallest absolute Gasteiger partial charge is 0.226 e. The molecule has 6 rings (SSSR count). The molecule has 5 heteroatoms. The van der Waals surface area contributed by atoms with Crippen molar-refractivity contribution in [1.82, 2.24) is 10.3 Å². The third-order valence-electron chi connectivity index (χ3n) is 7.01. The predicted molar refractivity (Wildman–Crippen MR) is 102 cm³/mol. The zero-order chi connectivity index (χ0) is 17.7. The maximum absolute atomic E-state index is 12.6. The van der Waals surface area contributed by atoms with Gasteiger partial charge in [-0.25, -0.2) is 4.98 Å². The average molecular weight is 371 g/mol. The van der Waals surface area contributed by atoms with Gasteiger partial charge in [-0.2, -0.15) is 0 Å². The topological polar surface area (TPSA) is 55.1 Å². The molecule has 0 saturated heterocycles. The summed E-state index contributed by atoms with van der Waals surface area (Å²) in [6.45, 7) is 2.24. The molecule has 4 fully saturated rings. The van der Waals surface area contributed by atoms with E-state index in [0.717, 1.165) is 34.2 Å². The second-order valence-corrected chi connectivity index (χ2v) is 9.73. The molecule has 0 aliphatic heterocycles. The SMILES string of the molecule is C[C@H](NC(=O)Cc1csc(-c2ccco2)n1)C12CC3CC(CC(C3)C1)C2. The molecule has 26 heavy (non-hydrogen) atoms. The third kappa shape index (κ3) is 2.90. The van der Waals surface area contributed by atoms with Crippen LogP contribution in [-0.2, 0) is 11.2 Å². The number of rotatable bonds is 5. The molecule has 4 aliphatic rings. The molecule has 4 nitrogen and oxygen atoms in total. The lowest BCUT2D eigenvalue weighted by molar-refractivity contribution is -0.125. The number of carbonyl (C=O) groups excluding carboxylic acids is 1. The fourth-order valence-corrected chi connectivity index (χ4v) is 7.01. The Morgan fingerprint density at radius 1 is 1.31 bits per heavy atom. The van der Waals surface area contributed by atoms with Crippen molar-refractivity contribution in [1.29, 1.82) is 0 Å². The van der Waals surface area contributed by atoms with Crippen LogP contribution in [0.2, 0.25) is 0 Å². The van der Waals surface area contributed by atoms with E-state index in [4.69, 9.17) is 4.42 Å². The van der Waals surface area contributed by atoms with Gasteiger partial charge in [-0.1, -0.05) is 0 Å². The van der Waals surface area contributed by atoms with E-state index >= 15 is 0 Å². The van der Waals surface area contributed by atoms with Gasteiger partial charge in [-0.3, -0.25) is 4.79 Å². The van der Waals surface area contributed by atoms with Gasteiger partial charge in [0.1, 0.15) is 0 Å². The van der Waals surface area contributed by atoms with Crippen LogP contribution >= 0.6 is 11.3 Å². The molecule has 2 aromatic heterocycles. The zero-order valence-electron chi connectivity index (χ0n) is 15.2. The Morgan fingerprint density at radius 3 is 2.62 bits per heavy atom. The second-order valence-electron chi connectivity index (χ2n) is 8.87. The first kappa shape index (κ1) is 16.5. The largest absolute Gasteiger partial charge is 0.462 e. The van der Waals surface area contributed by atoms with Crippen molar-refractivity contribution in [3.05, 3.63) is 29.5 Å². The highest BCUT2D eigenvalue weighted by atomic mass is 32.1. The molecule has 1 amide bonds. The lowest BCUT2D eigenvalue weighted by atomic mass is 9.48. The van der Waals surface area contributed by atoms with Crippen molar-refractivity contribution in [3.63, 3.8) is 0 Å². The Morgan fingerprint density at radius 2 is 2.00 bits per heavy atom. The molecule has 2 heterocycles. The monoisotopic (exact) mass is 370 g/mol. The van der Waals surface area contributed by atoms with Gasteiger partial charge < -0.3 is 9.73 Å². The summed E-state index contributed by atoms with van der Waals surface area (Å²) in [4.78, 5) is 17.2. The van der Waals surface area contributed by atoms with Crippen LogP contribution in [0, 0.1) is 23.2 Å². The quantitative estimate of drug-likeness (QED) is 0.832. The molecule has 4 saturated carbocycles. The molecule has 4 bridgehead atoms. The average Bonchev–Trinajstić information content (AvgIpc) is 3.24. The third-order valence-corrected chi connectivity index (χ3v) is 7.91. The van der Waals surface area contributed by atoms with Crippen LogP contribution in [-0.4, -0.2) is 16.9 Å². The van der Waals surface area contributed by atoms with Crippen LogP contribution in [0.1, 0.15) is 51.1 Å². The first-order valence-corrected chi connectivity index (χ1v) is 10.8. The first-order valence-electron chi connectivity index (χ1n) is 9.87. The fourth-order valence-electron chi connectivity index (χ4n) is 6.22. The number of thiazole rings is 1. The van der Waals surface area contributed by atoms with Crippen molar-refractivity contribution in [2.45, 2.75) is 57.9 Å². The van der Waals surface area contributed by atoms with Gasteiger partial charge in [0.2, 0.25) is 5.91 Å². The number of hydrogen-bond acceptors (Lipinski definition) is 4. The minimum Gasteiger partial charge on any atom is -0.462 e. The minimum absolute atomic E-state index is 0.101. The van der Waals surface area contributed by atoms with E-state index in [2.05, 4.69) is 17.2 Å². The Balaban J connectivity index is 1.23. The van der Waals surface area contributed by atoms with E-state index in [9.17, 15) is 4.79 Å². The highest BCUT2D eigenvalue weighted by Gasteiger charge is 2.53. The van der Waals surface area contributed by atoms with E-state index < -0.39 is 0 Å². The lowest BCUT2D eigenvalue weighted by Gasteiger charge is -2.59. The van der Waals surface area contributed by atoms with Crippen LogP contribution < -0.4 is 5.32 Å². The Hall–Kier alpha value is -1.62. The van der Waals surface area contributed by atoms with E-state index in [-0.39, 0.29) is 11.9 Å². The van der Waals surface area contributed by atoms with Crippen molar-refractivity contribution >= 4 is 17.2 Å². The number of nitrogens with zero attached hydrogens (tertiary/aromatic N) is 1. The van der Waals surface area contributed by atoms with Crippen LogP contribution in [0.4, 0.5) is 0 Å². The molecular weight excluding hydrogens is 344 g/mol. The standard InChI is InChI=1S/C21H26N2O2S/c1-13(21-9-14-5-15(10-21)7-16(6-14)11-21)22-19(24)8-17-12-26-20(23-17)18-3-2-4-25-18/h2-4,12-16H,5-11H2,1H3,(H,22,24)/t13-,14?,15?,16?,21?/m0/s1. The molecule has 0 unspecified atom stereocenters. The van der Waals surface area contributed by atoms with Crippen LogP contribution in [0.25, 0.3) is 10.8 Å². The maximum atomic E-state index is 12.6. The van der Waals surface area contributed by atoms with Crippen molar-refractivity contribution < 1.29 is 9.21 Å². The normalized spacial score (nSPS) is 33.3. The zero-order valence-corrected chi connectivity index (χ0v) is 16.1. The van der Waals surface area contributed by atoms with Crippen molar-refractivity contribution in [2.24, 2.45) is 23.2 Å². The molecular formula is C21H26N2O2S. The summed E-state index contributed by atoms with van der Waals surface area (Å²) in [5, 5.41) is 6.14. The first-order chi connectivity index (χ1) is 12.6. The summed E-state index contributed by atoms with van der Waals surface area (Å²) in [7, 11) is 0. The Kier molecular flexibility index (Phi) is 3.96. The van der Waals surface area contributed by atoms with Crippen LogP contribution in [0.5, 0.6) is 0 Å². The molecule has 138 valence electrons. The molecule has 1 N–H and O–H groups in total. The predicted octanol–water partition coefficient (Wildman–Crippen LogP) is 4.67. The summed E-state index contributed by atoms with van der Waals surface area (Å²) < 4.78 is 5.39. The highest BCUT2D eigenvalue weighted by molar-refractivity contribution is 7.13. The summed E-state index contributed by atoms with van der Waals surface area (Å²) in [6.07, 6.45) is 10.3. The van der Waals surface area contributed by atoms with Gasteiger partial charge >= 0.3 is 0 Å². The van der Waals surface area contributed by atoms with Gasteiger partial charge in [0.25, 0.3) is 0 Å². The van der Waals surface area contributed by atoms with Crippen molar-refractivity contribution in [3.8, 4) is 10.8 Å². The molecule has 2 aromatic rings. The van der Waals surface area contributed by atoms with E-state index in [0.29, 0.717) is 11.8 Å². The van der Waals surface area contributed by atoms with Gasteiger partial charge in [0.15, 0.2) is 10.8 Å². The summed E-state index contributed by atoms with van der Waals surface area (Å²) in [6, 6.07) is 4.03. The van der Waals surface area contributed by atoms with Gasteiger partial charge in [-0.05, 0) is 80.8 Å². The van der Waals surface area contributed by atoms with E-state index in [1.807, 2.05) is 17.5 Å². The Labute approximate surface area is 158 Å². The molecule has 0 radical (unpaired) electrons.